The quantitative estimate of drug-likeness (QED) is 0.761. The molecule has 2 heteroatoms. The van der Waals surface area contributed by atoms with Crippen LogP contribution in [0.3, 0.4) is 0 Å². The predicted octanol–water partition coefficient (Wildman–Crippen LogP) is 5.69. The molecule has 0 bridgehead atoms. The van der Waals surface area contributed by atoms with Gasteiger partial charge >= 0.3 is 0 Å². The number of halogens is 1. The van der Waals surface area contributed by atoms with Gasteiger partial charge < -0.3 is 5.32 Å². The summed E-state index contributed by atoms with van der Waals surface area (Å²) in [6.45, 7) is 8.76. The molecule has 2 aromatic carbocycles. The van der Waals surface area contributed by atoms with Gasteiger partial charge in [-0.25, -0.2) is 4.39 Å². The van der Waals surface area contributed by atoms with E-state index in [2.05, 4.69) is 57.3 Å². The molecule has 0 spiro atoms. The minimum atomic E-state index is -0.192. The van der Waals surface area contributed by atoms with Gasteiger partial charge in [0.15, 0.2) is 0 Å². The Hall–Kier alpha value is -1.83. The zero-order valence-corrected chi connectivity index (χ0v) is 13.3. The molecule has 21 heavy (non-hydrogen) atoms. The van der Waals surface area contributed by atoms with Crippen molar-refractivity contribution in [2.24, 2.45) is 0 Å². The first kappa shape index (κ1) is 15.6. The predicted molar refractivity (Wildman–Crippen MR) is 88.2 cm³/mol. The van der Waals surface area contributed by atoms with Crippen LogP contribution in [0.4, 0.5) is 10.1 Å². The molecule has 0 aliphatic rings. The van der Waals surface area contributed by atoms with Gasteiger partial charge in [-0.3, -0.25) is 0 Å². The number of benzene rings is 2. The van der Waals surface area contributed by atoms with Gasteiger partial charge in [-0.2, -0.15) is 0 Å². The van der Waals surface area contributed by atoms with Crippen molar-refractivity contribution in [3.8, 4) is 0 Å². The second-order valence-electron chi connectivity index (χ2n) is 6.48. The molecular weight excluding hydrogens is 261 g/mol. The molecule has 0 radical (unpaired) electrons. The summed E-state index contributed by atoms with van der Waals surface area (Å²) in [5, 5.41) is 3.52. The van der Waals surface area contributed by atoms with Crippen molar-refractivity contribution in [2.75, 3.05) is 5.32 Å². The number of anilines is 1. The Morgan fingerprint density at radius 2 is 1.52 bits per heavy atom. The lowest BCUT2D eigenvalue weighted by molar-refractivity contribution is 0.590. The highest BCUT2D eigenvalue weighted by molar-refractivity contribution is 5.47. The van der Waals surface area contributed by atoms with Crippen LogP contribution >= 0.6 is 0 Å². The van der Waals surface area contributed by atoms with Crippen LogP contribution in [-0.2, 0) is 5.41 Å². The lowest BCUT2D eigenvalue weighted by atomic mass is 9.87. The maximum absolute atomic E-state index is 13.0. The van der Waals surface area contributed by atoms with Crippen LogP contribution < -0.4 is 5.32 Å². The van der Waals surface area contributed by atoms with Crippen LogP contribution in [0.25, 0.3) is 0 Å². The Labute approximate surface area is 127 Å². The fraction of sp³-hybridized carbons (Fsp3) is 0.368. The normalized spacial score (nSPS) is 13.0. The third kappa shape index (κ3) is 4.07. The van der Waals surface area contributed by atoms with Gasteiger partial charge in [-0.05, 0) is 47.2 Å². The number of hydrogen-bond acceptors (Lipinski definition) is 1. The van der Waals surface area contributed by atoms with E-state index in [0.29, 0.717) is 0 Å². The van der Waals surface area contributed by atoms with Crippen LogP contribution in [0.2, 0.25) is 0 Å². The average Bonchev–Trinajstić information content (AvgIpc) is 2.45. The third-order valence-corrected chi connectivity index (χ3v) is 3.77. The van der Waals surface area contributed by atoms with Crippen molar-refractivity contribution in [2.45, 2.75) is 45.6 Å². The second kappa shape index (κ2) is 6.30. The summed E-state index contributed by atoms with van der Waals surface area (Å²) in [5.41, 5.74) is 3.69. The van der Waals surface area contributed by atoms with Crippen molar-refractivity contribution in [1.82, 2.24) is 0 Å². The SMILES string of the molecule is CCC(Nc1ccc(C(C)(C)C)cc1)c1ccc(F)cc1. The molecule has 112 valence electrons. The Kier molecular flexibility index (Phi) is 4.66. The van der Waals surface area contributed by atoms with Crippen LogP contribution in [0.15, 0.2) is 48.5 Å². The van der Waals surface area contributed by atoms with E-state index < -0.39 is 0 Å². The molecule has 1 atom stereocenters. The molecule has 2 aromatic rings. The van der Waals surface area contributed by atoms with E-state index >= 15 is 0 Å². The van der Waals surface area contributed by atoms with Crippen LogP contribution in [-0.4, -0.2) is 0 Å². The van der Waals surface area contributed by atoms with Crippen LogP contribution in [0.5, 0.6) is 0 Å². The Bertz CT molecular complexity index is 564. The summed E-state index contributed by atoms with van der Waals surface area (Å²) in [6, 6.07) is 15.5. The Morgan fingerprint density at radius 1 is 0.952 bits per heavy atom. The molecule has 1 nitrogen and oxygen atoms in total. The van der Waals surface area contributed by atoms with Crippen molar-refractivity contribution >= 4 is 5.69 Å². The third-order valence-electron chi connectivity index (χ3n) is 3.77. The van der Waals surface area contributed by atoms with Crippen molar-refractivity contribution < 1.29 is 4.39 Å². The van der Waals surface area contributed by atoms with Crippen molar-refractivity contribution in [3.63, 3.8) is 0 Å². The molecule has 0 aliphatic heterocycles. The molecule has 0 saturated heterocycles. The Morgan fingerprint density at radius 3 is 2.00 bits per heavy atom. The highest BCUT2D eigenvalue weighted by Crippen LogP contribution is 2.26. The van der Waals surface area contributed by atoms with Gasteiger partial charge in [0, 0.05) is 5.69 Å². The lowest BCUT2D eigenvalue weighted by Gasteiger charge is -2.22. The maximum Gasteiger partial charge on any atom is 0.123 e. The summed E-state index contributed by atoms with van der Waals surface area (Å²) in [5.74, 6) is -0.192. The molecule has 1 unspecified atom stereocenters. The summed E-state index contributed by atoms with van der Waals surface area (Å²) >= 11 is 0. The summed E-state index contributed by atoms with van der Waals surface area (Å²) < 4.78 is 13.0. The monoisotopic (exact) mass is 285 g/mol. The highest BCUT2D eigenvalue weighted by Gasteiger charge is 2.14. The highest BCUT2D eigenvalue weighted by atomic mass is 19.1. The first-order valence-corrected chi connectivity index (χ1v) is 7.52. The molecule has 0 heterocycles. The van der Waals surface area contributed by atoms with E-state index in [0.717, 1.165) is 17.7 Å². The van der Waals surface area contributed by atoms with E-state index in [1.54, 1.807) is 0 Å². The molecule has 0 saturated carbocycles. The minimum Gasteiger partial charge on any atom is -0.378 e. The van der Waals surface area contributed by atoms with Crippen LogP contribution in [0, 0.1) is 5.82 Å². The summed E-state index contributed by atoms with van der Waals surface area (Å²) in [6.07, 6.45) is 0.951. The van der Waals surface area contributed by atoms with Gasteiger partial charge in [0.25, 0.3) is 0 Å². The van der Waals surface area contributed by atoms with E-state index in [-0.39, 0.29) is 17.3 Å². The van der Waals surface area contributed by atoms with E-state index in [1.165, 1.54) is 17.7 Å². The average molecular weight is 285 g/mol. The first-order valence-electron chi connectivity index (χ1n) is 7.52. The van der Waals surface area contributed by atoms with Gasteiger partial charge in [0.05, 0.1) is 6.04 Å². The fourth-order valence-electron chi connectivity index (χ4n) is 2.38. The first-order chi connectivity index (χ1) is 9.90. The molecule has 1 N–H and O–H groups in total. The lowest BCUT2D eigenvalue weighted by Crippen LogP contribution is -2.12. The van der Waals surface area contributed by atoms with E-state index in [1.807, 2.05) is 12.1 Å². The molecule has 0 amide bonds. The van der Waals surface area contributed by atoms with Crippen molar-refractivity contribution in [1.29, 1.82) is 0 Å². The zero-order valence-electron chi connectivity index (χ0n) is 13.3. The number of hydrogen-bond donors (Lipinski definition) is 1. The smallest absolute Gasteiger partial charge is 0.123 e. The fourth-order valence-corrected chi connectivity index (χ4v) is 2.38. The second-order valence-corrected chi connectivity index (χ2v) is 6.48. The van der Waals surface area contributed by atoms with Crippen LogP contribution in [0.1, 0.15) is 51.3 Å². The topological polar surface area (TPSA) is 12.0 Å². The Balaban J connectivity index is 2.13. The van der Waals surface area contributed by atoms with Gasteiger partial charge in [-0.1, -0.05) is 52.0 Å². The van der Waals surface area contributed by atoms with Gasteiger partial charge in [0.1, 0.15) is 5.82 Å². The number of rotatable bonds is 4. The summed E-state index contributed by atoms with van der Waals surface area (Å²) in [7, 11) is 0. The summed E-state index contributed by atoms with van der Waals surface area (Å²) in [4.78, 5) is 0. The molecule has 0 aliphatic carbocycles. The minimum absolute atomic E-state index is 0.166. The largest absolute Gasteiger partial charge is 0.378 e. The zero-order chi connectivity index (χ0) is 15.5. The molecule has 0 aromatic heterocycles. The van der Waals surface area contributed by atoms with Crippen molar-refractivity contribution in [3.05, 3.63) is 65.5 Å². The van der Waals surface area contributed by atoms with Gasteiger partial charge in [0.2, 0.25) is 0 Å². The molecular formula is C19H24FN. The van der Waals surface area contributed by atoms with E-state index in [9.17, 15) is 4.39 Å². The molecule has 0 fully saturated rings. The number of nitrogens with one attached hydrogen (secondary N) is 1. The van der Waals surface area contributed by atoms with E-state index in [4.69, 9.17) is 0 Å². The maximum atomic E-state index is 13.0. The standard InChI is InChI=1S/C19H24FN/c1-5-18(14-6-10-16(20)11-7-14)21-17-12-8-15(9-13-17)19(2,3)4/h6-13,18,21H,5H2,1-4H3. The van der Waals surface area contributed by atoms with Gasteiger partial charge in [-0.15, -0.1) is 0 Å². The molecule has 2 rings (SSSR count).